The summed E-state index contributed by atoms with van der Waals surface area (Å²) in [6.45, 7) is 1.43. The number of amides is 2. The van der Waals surface area contributed by atoms with E-state index in [0.29, 0.717) is 17.9 Å². The van der Waals surface area contributed by atoms with Gasteiger partial charge in [-0.05, 0) is 18.9 Å². The standard InChI is InChI=1S/C15H18N4O2/c20-13-11-9(6-17-13)5-10(7-16-11)19-14(21)12-15(8-18-12)3-1-2-4-15/h5,7,12,18H,1-4,6,8H2,(H,17,20)(H,19,21). The molecule has 0 bridgehead atoms. The highest BCUT2D eigenvalue weighted by Crippen LogP contribution is 2.45. The lowest BCUT2D eigenvalue weighted by Gasteiger charge is -2.47. The van der Waals surface area contributed by atoms with E-state index in [1.807, 2.05) is 6.07 Å². The first-order chi connectivity index (χ1) is 10.2. The maximum atomic E-state index is 12.4. The van der Waals surface area contributed by atoms with Gasteiger partial charge in [0.05, 0.1) is 17.9 Å². The number of carbonyl (C=O) groups excluding carboxylic acids is 2. The van der Waals surface area contributed by atoms with Gasteiger partial charge in [-0.2, -0.15) is 0 Å². The molecular formula is C15H18N4O2. The van der Waals surface area contributed by atoms with Crippen molar-refractivity contribution in [2.45, 2.75) is 38.3 Å². The minimum absolute atomic E-state index is 0.0159. The molecule has 6 heteroatoms. The van der Waals surface area contributed by atoms with Crippen LogP contribution in [0.25, 0.3) is 0 Å². The molecule has 1 atom stereocenters. The van der Waals surface area contributed by atoms with E-state index in [9.17, 15) is 9.59 Å². The highest BCUT2D eigenvalue weighted by Gasteiger charge is 2.51. The van der Waals surface area contributed by atoms with Gasteiger partial charge in [-0.3, -0.25) is 9.59 Å². The zero-order valence-electron chi connectivity index (χ0n) is 11.7. The molecule has 1 saturated heterocycles. The number of pyridine rings is 1. The van der Waals surface area contributed by atoms with Crippen LogP contribution in [0.2, 0.25) is 0 Å². The smallest absolute Gasteiger partial charge is 0.270 e. The minimum Gasteiger partial charge on any atom is -0.347 e. The topological polar surface area (TPSA) is 83.1 Å². The fourth-order valence-electron chi connectivity index (χ4n) is 3.80. The number of hydrogen-bond acceptors (Lipinski definition) is 4. The Kier molecular flexibility index (Phi) is 2.75. The van der Waals surface area contributed by atoms with E-state index in [0.717, 1.165) is 24.9 Å². The van der Waals surface area contributed by atoms with Gasteiger partial charge in [0, 0.05) is 24.1 Å². The fraction of sp³-hybridized carbons (Fsp3) is 0.533. The van der Waals surface area contributed by atoms with Crippen molar-refractivity contribution in [3.05, 3.63) is 23.5 Å². The summed E-state index contributed by atoms with van der Waals surface area (Å²) in [4.78, 5) is 28.0. The summed E-state index contributed by atoms with van der Waals surface area (Å²) in [7, 11) is 0. The normalized spacial score (nSPS) is 25.3. The van der Waals surface area contributed by atoms with Gasteiger partial charge < -0.3 is 16.0 Å². The van der Waals surface area contributed by atoms with E-state index in [4.69, 9.17) is 0 Å². The third-order valence-electron chi connectivity index (χ3n) is 5.02. The van der Waals surface area contributed by atoms with E-state index in [1.165, 1.54) is 12.8 Å². The molecule has 1 aromatic rings. The van der Waals surface area contributed by atoms with Crippen LogP contribution in [0.5, 0.6) is 0 Å². The number of aromatic nitrogens is 1. The molecule has 0 radical (unpaired) electrons. The molecule has 0 aromatic carbocycles. The quantitative estimate of drug-likeness (QED) is 0.751. The summed E-state index contributed by atoms with van der Waals surface area (Å²) in [6, 6.07) is 1.74. The summed E-state index contributed by atoms with van der Waals surface area (Å²) >= 11 is 0. The molecule has 3 heterocycles. The van der Waals surface area contributed by atoms with Gasteiger partial charge in [0.1, 0.15) is 5.69 Å². The van der Waals surface area contributed by atoms with Gasteiger partial charge in [0.15, 0.2) is 0 Å². The summed E-state index contributed by atoms with van der Waals surface area (Å²) in [5, 5.41) is 8.92. The van der Waals surface area contributed by atoms with Crippen LogP contribution in [-0.4, -0.2) is 29.4 Å². The molecule has 2 aliphatic heterocycles. The number of anilines is 1. The monoisotopic (exact) mass is 286 g/mol. The predicted octanol–water partition coefficient (Wildman–Crippen LogP) is 0.796. The third kappa shape index (κ3) is 1.93. The molecule has 1 saturated carbocycles. The van der Waals surface area contributed by atoms with Gasteiger partial charge in [-0.1, -0.05) is 12.8 Å². The zero-order valence-corrected chi connectivity index (χ0v) is 11.7. The Morgan fingerprint density at radius 3 is 2.90 bits per heavy atom. The Balaban J connectivity index is 1.49. The van der Waals surface area contributed by atoms with E-state index in [-0.39, 0.29) is 23.3 Å². The van der Waals surface area contributed by atoms with Crippen LogP contribution in [0.15, 0.2) is 12.3 Å². The molecule has 1 aromatic heterocycles. The predicted molar refractivity (Wildman–Crippen MR) is 76.7 cm³/mol. The van der Waals surface area contributed by atoms with Crippen molar-refractivity contribution >= 4 is 17.5 Å². The SMILES string of the molecule is O=C1NCc2cc(NC(=O)C3NCC34CCCC4)cnc21. The molecule has 3 aliphatic rings. The Morgan fingerprint density at radius 2 is 2.19 bits per heavy atom. The maximum absolute atomic E-state index is 12.4. The van der Waals surface area contributed by atoms with Crippen LogP contribution in [0.4, 0.5) is 5.69 Å². The first-order valence-corrected chi connectivity index (χ1v) is 7.49. The summed E-state index contributed by atoms with van der Waals surface area (Å²) in [5.74, 6) is -0.129. The Bertz CT molecular complexity index is 622. The number of fused-ring (bicyclic) bond motifs is 1. The molecule has 1 unspecified atom stereocenters. The van der Waals surface area contributed by atoms with Crippen LogP contribution < -0.4 is 16.0 Å². The molecule has 6 nitrogen and oxygen atoms in total. The molecule has 110 valence electrons. The lowest BCUT2D eigenvalue weighted by molar-refractivity contribution is -0.125. The molecule has 4 rings (SSSR count). The molecule has 3 N–H and O–H groups in total. The van der Waals surface area contributed by atoms with Crippen molar-refractivity contribution in [2.24, 2.45) is 5.41 Å². The van der Waals surface area contributed by atoms with Crippen molar-refractivity contribution in [1.82, 2.24) is 15.6 Å². The highest BCUT2D eigenvalue weighted by molar-refractivity contribution is 5.99. The fourth-order valence-corrected chi connectivity index (χ4v) is 3.80. The first-order valence-electron chi connectivity index (χ1n) is 7.49. The van der Waals surface area contributed by atoms with Gasteiger partial charge in [0.2, 0.25) is 5.91 Å². The van der Waals surface area contributed by atoms with Crippen molar-refractivity contribution in [3.8, 4) is 0 Å². The van der Waals surface area contributed by atoms with Gasteiger partial charge in [-0.25, -0.2) is 4.98 Å². The molecule has 1 spiro atoms. The molecular weight excluding hydrogens is 268 g/mol. The van der Waals surface area contributed by atoms with Gasteiger partial charge in [0.25, 0.3) is 5.91 Å². The lowest BCUT2D eigenvalue weighted by atomic mass is 9.71. The molecule has 1 aliphatic carbocycles. The van der Waals surface area contributed by atoms with E-state index in [2.05, 4.69) is 20.9 Å². The minimum atomic E-state index is -0.145. The van der Waals surface area contributed by atoms with Crippen LogP contribution in [-0.2, 0) is 11.3 Å². The Morgan fingerprint density at radius 1 is 1.38 bits per heavy atom. The zero-order chi connectivity index (χ0) is 14.4. The number of hydrogen-bond donors (Lipinski definition) is 3. The lowest BCUT2D eigenvalue weighted by Crippen LogP contribution is -2.66. The van der Waals surface area contributed by atoms with Crippen molar-refractivity contribution < 1.29 is 9.59 Å². The number of carbonyl (C=O) groups is 2. The van der Waals surface area contributed by atoms with Gasteiger partial charge >= 0.3 is 0 Å². The van der Waals surface area contributed by atoms with Crippen molar-refractivity contribution in [3.63, 3.8) is 0 Å². The number of rotatable bonds is 2. The second kappa shape index (κ2) is 4.53. The second-order valence-electron chi connectivity index (χ2n) is 6.29. The van der Waals surface area contributed by atoms with Crippen LogP contribution in [0.3, 0.4) is 0 Å². The maximum Gasteiger partial charge on any atom is 0.270 e. The number of nitrogens with one attached hydrogen (secondary N) is 3. The van der Waals surface area contributed by atoms with Crippen molar-refractivity contribution in [1.29, 1.82) is 0 Å². The molecule has 2 fully saturated rings. The third-order valence-corrected chi connectivity index (χ3v) is 5.02. The average Bonchev–Trinajstić information content (AvgIpc) is 3.06. The van der Waals surface area contributed by atoms with Crippen LogP contribution in [0.1, 0.15) is 41.7 Å². The largest absolute Gasteiger partial charge is 0.347 e. The average molecular weight is 286 g/mol. The summed E-state index contributed by atoms with van der Waals surface area (Å²) < 4.78 is 0. The summed E-state index contributed by atoms with van der Waals surface area (Å²) in [5.41, 5.74) is 2.14. The molecule has 21 heavy (non-hydrogen) atoms. The van der Waals surface area contributed by atoms with E-state index in [1.54, 1.807) is 6.20 Å². The Hall–Kier alpha value is -1.95. The van der Waals surface area contributed by atoms with E-state index < -0.39 is 0 Å². The Labute approximate surface area is 122 Å². The molecule has 2 amide bonds. The first kappa shape index (κ1) is 12.8. The second-order valence-corrected chi connectivity index (χ2v) is 6.29. The van der Waals surface area contributed by atoms with Gasteiger partial charge in [-0.15, -0.1) is 0 Å². The van der Waals surface area contributed by atoms with E-state index >= 15 is 0 Å². The highest BCUT2D eigenvalue weighted by atomic mass is 16.2. The van der Waals surface area contributed by atoms with Crippen LogP contribution >= 0.6 is 0 Å². The van der Waals surface area contributed by atoms with Crippen molar-refractivity contribution in [2.75, 3.05) is 11.9 Å². The number of nitrogens with zero attached hydrogens (tertiary/aromatic N) is 1. The van der Waals surface area contributed by atoms with Crippen LogP contribution in [0, 0.1) is 5.41 Å². The summed E-state index contributed by atoms with van der Waals surface area (Å²) in [6.07, 6.45) is 6.28.